The Hall–Kier alpha value is -2.10. The fraction of sp³-hybridized carbons (Fsp3) is 0.214. The average Bonchev–Trinajstić information content (AvgIpc) is 2.35. The highest BCUT2D eigenvalue weighted by Gasteiger charge is 2.05. The Kier molecular flexibility index (Phi) is 3.77. The molecule has 0 spiro atoms. The van der Waals surface area contributed by atoms with E-state index in [2.05, 4.69) is 17.2 Å². The molecule has 1 aromatic heterocycles. The second-order valence-electron chi connectivity index (χ2n) is 4.34. The van der Waals surface area contributed by atoms with E-state index in [-0.39, 0.29) is 11.9 Å². The van der Waals surface area contributed by atoms with Gasteiger partial charge in [-0.25, -0.2) is 4.39 Å². The van der Waals surface area contributed by atoms with Gasteiger partial charge in [-0.1, -0.05) is 12.1 Å². The third kappa shape index (κ3) is 3.20. The lowest BCUT2D eigenvalue weighted by atomic mass is 10.1. The number of hydrogen-bond acceptors (Lipinski definition) is 3. The highest BCUT2D eigenvalue weighted by atomic mass is 19.1. The van der Waals surface area contributed by atoms with E-state index in [4.69, 9.17) is 5.73 Å². The molecule has 4 heteroatoms. The summed E-state index contributed by atoms with van der Waals surface area (Å²) < 4.78 is 12.8. The van der Waals surface area contributed by atoms with Crippen LogP contribution < -0.4 is 11.1 Å². The third-order valence-electron chi connectivity index (χ3n) is 2.71. The number of halogens is 1. The van der Waals surface area contributed by atoms with Crippen molar-refractivity contribution in [1.82, 2.24) is 4.98 Å². The first-order chi connectivity index (χ1) is 8.65. The summed E-state index contributed by atoms with van der Waals surface area (Å²) in [7, 11) is 0. The molecule has 1 unspecified atom stereocenters. The smallest absolute Gasteiger partial charge is 0.123 e. The first kappa shape index (κ1) is 12.4. The number of hydrogen-bond donors (Lipinski definition) is 2. The van der Waals surface area contributed by atoms with Crippen molar-refractivity contribution in [3.05, 3.63) is 54.1 Å². The van der Waals surface area contributed by atoms with Gasteiger partial charge in [-0.05, 0) is 37.1 Å². The minimum absolute atomic E-state index is 0.208. The predicted octanol–water partition coefficient (Wildman–Crippen LogP) is 2.85. The van der Waals surface area contributed by atoms with E-state index < -0.39 is 0 Å². The summed E-state index contributed by atoms with van der Waals surface area (Å²) in [5, 5.41) is 3.31. The van der Waals surface area contributed by atoms with Gasteiger partial charge in [0.15, 0.2) is 0 Å². The van der Waals surface area contributed by atoms with Gasteiger partial charge in [-0.2, -0.15) is 0 Å². The molecule has 3 N–H and O–H groups in total. The number of nitrogens with two attached hydrogens (primary N) is 1. The Morgan fingerprint density at radius 1 is 1.28 bits per heavy atom. The molecule has 1 heterocycles. The summed E-state index contributed by atoms with van der Waals surface area (Å²) in [6.07, 6.45) is 4.12. The topological polar surface area (TPSA) is 50.9 Å². The SMILES string of the molecule is CC(Cc1ccc(F)cc1)Nc1ccncc1N. The minimum Gasteiger partial charge on any atom is -0.396 e. The lowest BCUT2D eigenvalue weighted by Gasteiger charge is -2.16. The van der Waals surface area contributed by atoms with Crippen molar-refractivity contribution >= 4 is 11.4 Å². The minimum atomic E-state index is -0.210. The quantitative estimate of drug-likeness (QED) is 0.870. The van der Waals surface area contributed by atoms with Crippen LogP contribution >= 0.6 is 0 Å². The lowest BCUT2D eigenvalue weighted by Crippen LogP contribution is -2.18. The van der Waals surface area contributed by atoms with Gasteiger partial charge in [0.1, 0.15) is 5.82 Å². The maximum atomic E-state index is 12.8. The molecule has 1 aromatic carbocycles. The predicted molar refractivity (Wildman–Crippen MR) is 71.8 cm³/mol. The Morgan fingerprint density at radius 3 is 2.67 bits per heavy atom. The Labute approximate surface area is 106 Å². The van der Waals surface area contributed by atoms with Crippen molar-refractivity contribution in [2.45, 2.75) is 19.4 Å². The summed E-state index contributed by atoms with van der Waals surface area (Å²) in [4.78, 5) is 3.94. The molecule has 0 saturated carbocycles. The molecule has 0 radical (unpaired) electrons. The number of nitrogen functional groups attached to an aromatic ring is 1. The van der Waals surface area contributed by atoms with E-state index in [0.717, 1.165) is 17.7 Å². The summed E-state index contributed by atoms with van der Waals surface area (Å²) in [6, 6.07) is 8.59. The first-order valence-electron chi connectivity index (χ1n) is 5.85. The molecule has 0 aliphatic carbocycles. The number of rotatable bonds is 4. The Morgan fingerprint density at radius 2 is 2.00 bits per heavy atom. The Balaban J connectivity index is 1.99. The maximum absolute atomic E-state index is 12.8. The van der Waals surface area contributed by atoms with E-state index >= 15 is 0 Å². The number of pyridine rings is 1. The zero-order chi connectivity index (χ0) is 13.0. The molecule has 0 bridgehead atoms. The third-order valence-corrected chi connectivity index (χ3v) is 2.71. The molecule has 3 nitrogen and oxygen atoms in total. The van der Waals surface area contributed by atoms with E-state index in [1.807, 2.05) is 6.07 Å². The van der Waals surface area contributed by atoms with Crippen LogP contribution in [0.5, 0.6) is 0 Å². The highest BCUT2D eigenvalue weighted by molar-refractivity contribution is 5.64. The van der Waals surface area contributed by atoms with E-state index in [1.54, 1.807) is 24.5 Å². The first-order valence-corrected chi connectivity index (χ1v) is 5.85. The molecule has 94 valence electrons. The zero-order valence-electron chi connectivity index (χ0n) is 10.2. The Bertz CT molecular complexity index is 511. The second kappa shape index (κ2) is 5.49. The van der Waals surface area contributed by atoms with Gasteiger partial charge in [0.2, 0.25) is 0 Å². The number of benzene rings is 1. The maximum Gasteiger partial charge on any atom is 0.123 e. The van der Waals surface area contributed by atoms with Gasteiger partial charge >= 0.3 is 0 Å². The molecule has 0 aliphatic heterocycles. The monoisotopic (exact) mass is 245 g/mol. The lowest BCUT2D eigenvalue weighted by molar-refractivity contribution is 0.626. The van der Waals surface area contributed by atoms with Crippen LogP contribution in [-0.2, 0) is 6.42 Å². The van der Waals surface area contributed by atoms with Gasteiger partial charge in [0.05, 0.1) is 17.6 Å². The van der Waals surface area contributed by atoms with Crippen LogP contribution in [0.1, 0.15) is 12.5 Å². The van der Waals surface area contributed by atoms with Gasteiger partial charge < -0.3 is 11.1 Å². The normalized spacial score (nSPS) is 12.1. The van der Waals surface area contributed by atoms with E-state index in [9.17, 15) is 4.39 Å². The molecular formula is C14H16FN3. The largest absolute Gasteiger partial charge is 0.396 e. The summed E-state index contributed by atoms with van der Waals surface area (Å²) in [6.45, 7) is 2.06. The molecule has 2 rings (SSSR count). The molecule has 18 heavy (non-hydrogen) atoms. The molecule has 0 aliphatic rings. The summed E-state index contributed by atoms with van der Waals surface area (Å²) >= 11 is 0. The van der Waals surface area contributed by atoms with Crippen LogP contribution in [-0.4, -0.2) is 11.0 Å². The number of nitrogens with zero attached hydrogens (tertiary/aromatic N) is 1. The van der Waals surface area contributed by atoms with Crippen molar-refractivity contribution < 1.29 is 4.39 Å². The second-order valence-corrected chi connectivity index (χ2v) is 4.34. The van der Waals surface area contributed by atoms with Crippen LogP contribution in [0.3, 0.4) is 0 Å². The molecule has 0 fully saturated rings. The summed E-state index contributed by atoms with van der Waals surface area (Å²) in [5.74, 6) is -0.210. The average molecular weight is 245 g/mol. The van der Waals surface area contributed by atoms with Crippen LogP contribution in [0.4, 0.5) is 15.8 Å². The van der Waals surface area contributed by atoms with Crippen LogP contribution in [0.2, 0.25) is 0 Å². The van der Waals surface area contributed by atoms with Crippen LogP contribution in [0.15, 0.2) is 42.7 Å². The van der Waals surface area contributed by atoms with Gasteiger partial charge in [0, 0.05) is 12.2 Å². The molecule has 2 aromatic rings. The number of nitrogens with one attached hydrogen (secondary N) is 1. The zero-order valence-corrected chi connectivity index (χ0v) is 10.2. The standard InChI is InChI=1S/C14H16FN3/c1-10(8-11-2-4-12(15)5-3-11)18-14-6-7-17-9-13(14)16/h2-7,9-10H,8,16H2,1H3,(H,17,18). The van der Waals surface area contributed by atoms with Crippen molar-refractivity contribution in [3.8, 4) is 0 Å². The van der Waals surface area contributed by atoms with Crippen LogP contribution in [0, 0.1) is 5.82 Å². The fourth-order valence-corrected chi connectivity index (χ4v) is 1.83. The van der Waals surface area contributed by atoms with Gasteiger partial charge in [0.25, 0.3) is 0 Å². The number of aromatic nitrogens is 1. The van der Waals surface area contributed by atoms with E-state index in [0.29, 0.717) is 5.69 Å². The molecule has 0 saturated heterocycles. The molecular weight excluding hydrogens is 229 g/mol. The highest BCUT2D eigenvalue weighted by Crippen LogP contribution is 2.17. The van der Waals surface area contributed by atoms with Crippen molar-refractivity contribution in [3.63, 3.8) is 0 Å². The molecule has 0 amide bonds. The van der Waals surface area contributed by atoms with Gasteiger partial charge in [-0.15, -0.1) is 0 Å². The van der Waals surface area contributed by atoms with E-state index in [1.165, 1.54) is 12.1 Å². The van der Waals surface area contributed by atoms with Gasteiger partial charge in [-0.3, -0.25) is 4.98 Å². The van der Waals surface area contributed by atoms with Crippen molar-refractivity contribution in [2.75, 3.05) is 11.1 Å². The summed E-state index contributed by atoms with van der Waals surface area (Å²) in [5.41, 5.74) is 8.40. The number of anilines is 2. The molecule has 1 atom stereocenters. The fourth-order valence-electron chi connectivity index (χ4n) is 1.83. The van der Waals surface area contributed by atoms with Crippen molar-refractivity contribution in [1.29, 1.82) is 0 Å². The van der Waals surface area contributed by atoms with Crippen molar-refractivity contribution in [2.24, 2.45) is 0 Å². The van der Waals surface area contributed by atoms with Crippen LogP contribution in [0.25, 0.3) is 0 Å².